The number of aromatic nitrogens is 3. The van der Waals surface area contributed by atoms with E-state index in [1.165, 1.54) is 16.7 Å². The number of nitrogens with zero attached hydrogens (tertiary/aromatic N) is 2. The minimum Gasteiger partial charge on any atom is -0.197 e. The molecule has 0 amide bonds. The maximum Gasteiger partial charge on any atom is 0.120 e. The van der Waals surface area contributed by atoms with Gasteiger partial charge in [0.15, 0.2) is 0 Å². The van der Waals surface area contributed by atoms with Crippen molar-refractivity contribution < 1.29 is 0 Å². The molecule has 0 radical (unpaired) electrons. The van der Waals surface area contributed by atoms with Crippen LogP contribution in [0.3, 0.4) is 0 Å². The molecule has 3 nitrogen and oxygen atoms in total. The van der Waals surface area contributed by atoms with Crippen molar-refractivity contribution in [3.63, 3.8) is 0 Å². The Balaban J connectivity index is 2.28. The number of aromatic amines is 1. The average Bonchev–Trinajstić information content (AvgIpc) is 2.86. The first kappa shape index (κ1) is 12.9. The maximum absolute atomic E-state index is 4.29. The molecule has 0 atom stereocenters. The van der Waals surface area contributed by atoms with E-state index in [9.17, 15) is 0 Å². The first-order valence-corrected chi connectivity index (χ1v) is 6.88. The van der Waals surface area contributed by atoms with Gasteiger partial charge >= 0.3 is 0 Å². The third-order valence-electron chi connectivity index (χ3n) is 3.78. The molecule has 3 rings (SSSR count). The van der Waals surface area contributed by atoms with Gasteiger partial charge in [0.25, 0.3) is 0 Å². The van der Waals surface area contributed by atoms with Crippen LogP contribution in [0.5, 0.6) is 0 Å². The highest BCUT2D eigenvalue weighted by Crippen LogP contribution is 2.34. The van der Waals surface area contributed by atoms with Crippen LogP contribution in [0, 0.1) is 6.92 Å². The van der Waals surface area contributed by atoms with Crippen LogP contribution in [0.2, 0.25) is 0 Å². The summed E-state index contributed by atoms with van der Waals surface area (Å²) >= 11 is 0. The summed E-state index contributed by atoms with van der Waals surface area (Å²) in [6, 6.07) is 12.6. The molecule has 0 unspecified atom stereocenters. The fraction of sp³-hybridized carbons (Fsp3) is 0.294. The Bertz CT molecular complexity index is 763. The minimum absolute atomic E-state index is 0.137. The van der Waals surface area contributed by atoms with E-state index in [1.807, 2.05) is 12.1 Å². The molecule has 3 heteroatoms. The third kappa shape index (κ3) is 1.99. The zero-order valence-corrected chi connectivity index (χ0v) is 12.4. The fourth-order valence-electron chi connectivity index (χ4n) is 2.83. The van der Waals surface area contributed by atoms with E-state index in [0.29, 0.717) is 0 Å². The van der Waals surface area contributed by atoms with E-state index in [2.05, 4.69) is 67.4 Å². The summed E-state index contributed by atoms with van der Waals surface area (Å²) in [5, 5.41) is 11.2. The Kier molecular flexibility index (Phi) is 2.85. The first-order chi connectivity index (χ1) is 9.48. The quantitative estimate of drug-likeness (QED) is 0.715. The second-order valence-corrected chi connectivity index (χ2v) is 6.23. The molecule has 0 bridgehead atoms. The molecule has 102 valence electrons. The van der Waals surface area contributed by atoms with Crippen LogP contribution in [0.4, 0.5) is 0 Å². The van der Waals surface area contributed by atoms with Gasteiger partial charge in [-0.15, -0.1) is 0 Å². The van der Waals surface area contributed by atoms with Crippen molar-refractivity contribution in [1.82, 2.24) is 15.4 Å². The molecule has 0 saturated carbocycles. The van der Waals surface area contributed by atoms with Crippen molar-refractivity contribution in [3.05, 3.63) is 47.5 Å². The Morgan fingerprint density at radius 3 is 2.35 bits per heavy atom. The predicted molar refractivity (Wildman–Crippen MR) is 82.8 cm³/mol. The van der Waals surface area contributed by atoms with Gasteiger partial charge in [-0.2, -0.15) is 15.4 Å². The van der Waals surface area contributed by atoms with Gasteiger partial charge in [0.2, 0.25) is 0 Å². The minimum atomic E-state index is 0.137. The topological polar surface area (TPSA) is 41.6 Å². The van der Waals surface area contributed by atoms with Crippen molar-refractivity contribution >= 4 is 11.0 Å². The SMILES string of the molecule is Cc1c(-c2cccc3n[nH]nc23)cccc1C(C)(C)C. The van der Waals surface area contributed by atoms with Crippen LogP contribution in [0.25, 0.3) is 22.2 Å². The van der Waals surface area contributed by atoms with Gasteiger partial charge in [-0.3, -0.25) is 0 Å². The number of nitrogens with one attached hydrogen (secondary N) is 1. The molecular weight excluding hydrogens is 246 g/mol. The predicted octanol–water partition coefficient (Wildman–Crippen LogP) is 4.23. The number of rotatable bonds is 1. The molecule has 0 saturated heterocycles. The highest BCUT2D eigenvalue weighted by Gasteiger charge is 2.19. The van der Waals surface area contributed by atoms with Crippen LogP contribution in [-0.2, 0) is 5.41 Å². The van der Waals surface area contributed by atoms with Crippen LogP contribution in [0.15, 0.2) is 36.4 Å². The van der Waals surface area contributed by atoms with Gasteiger partial charge in [0.05, 0.1) is 0 Å². The lowest BCUT2D eigenvalue weighted by molar-refractivity contribution is 0.586. The molecule has 20 heavy (non-hydrogen) atoms. The standard InChI is InChI=1S/C17H19N3/c1-11-12(7-5-9-14(11)17(2,3)4)13-8-6-10-15-16(13)19-20-18-15/h5-10H,1-4H3,(H,18,19,20). The maximum atomic E-state index is 4.29. The average molecular weight is 265 g/mol. The second-order valence-electron chi connectivity index (χ2n) is 6.23. The largest absolute Gasteiger partial charge is 0.197 e. The summed E-state index contributed by atoms with van der Waals surface area (Å²) in [7, 11) is 0. The lowest BCUT2D eigenvalue weighted by Crippen LogP contribution is -2.13. The van der Waals surface area contributed by atoms with Crippen molar-refractivity contribution in [2.45, 2.75) is 33.1 Å². The zero-order valence-electron chi connectivity index (χ0n) is 12.4. The lowest BCUT2D eigenvalue weighted by atomic mass is 9.81. The molecule has 1 N–H and O–H groups in total. The molecule has 0 aliphatic carbocycles. The number of hydrogen-bond acceptors (Lipinski definition) is 2. The molecule has 0 aliphatic heterocycles. The van der Waals surface area contributed by atoms with Gasteiger partial charge in [0, 0.05) is 5.56 Å². The zero-order chi connectivity index (χ0) is 14.3. The van der Waals surface area contributed by atoms with E-state index in [0.717, 1.165) is 16.6 Å². The number of hydrogen-bond donors (Lipinski definition) is 1. The van der Waals surface area contributed by atoms with Gasteiger partial charge in [0.1, 0.15) is 11.0 Å². The molecule has 3 aromatic rings. The molecule has 0 spiro atoms. The molecular formula is C17H19N3. The van der Waals surface area contributed by atoms with Crippen molar-refractivity contribution in [3.8, 4) is 11.1 Å². The summed E-state index contributed by atoms with van der Waals surface area (Å²) in [6.45, 7) is 8.93. The molecule has 1 heterocycles. The fourth-order valence-corrected chi connectivity index (χ4v) is 2.83. The monoisotopic (exact) mass is 265 g/mol. The lowest BCUT2D eigenvalue weighted by Gasteiger charge is -2.23. The number of para-hydroxylation sites is 1. The van der Waals surface area contributed by atoms with Gasteiger partial charge < -0.3 is 0 Å². The van der Waals surface area contributed by atoms with E-state index in [1.54, 1.807) is 0 Å². The number of fused-ring (bicyclic) bond motifs is 1. The first-order valence-electron chi connectivity index (χ1n) is 6.88. The van der Waals surface area contributed by atoms with Crippen LogP contribution >= 0.6 is 0 Å². The Morgan fingerprint density at radius 2 is 1.60 bits per heavy atom. The van der Waals surface area contributed by atoms with E-state index < -0.39 is 0 Å². The summed E-state index contributed by atoms with van der Waals surface area (Å²) in [5.41, 5.74) is 7.03. The van der Waals surface area contributed by atoms with Gasteiger partial charge in [-0.1, -0.05) is 51.1 Å². The second kappa shape index (κ2) is 4.44. The van der Waals surface area contributed by atoms with Crippen LogP contribution in [0.1, 0.15) is 31.9 Å². The molecule has 2 aromatic carbocycles. The highest BCUT2D eigenvalue weighted by atomic mass is 15.3. The summed E-state index contributed by atoms with van der Waals surface area (Å²) in [6.07, 6.45) is 0. The Hall–Kier alpha value is -2.16. The smallest absolute Gasteiger partial charge is 0.120 e. The number of benzene rings is 2. The van der Waals surface area contributed by atoms with Crippen molar-refractivity contribution in [1.29, 1.82) is 0 Å². The van der Waals surface area contributed by atoms with Gasteiger partial charge in [-0.05, 0) is 35.1 Å². The number of H-pyrrole nitrogens is 1. The molecule has 1 aromatic heterocycles. The Labute approximate surface area is 119 Å². The van der Waals surface area contributed by atoms with E-state index >= 15 is 0 Å². The third-order valence-corrected chi connectivity index (χ3v) is 3.78. The highest BCUT2D eigenvalue weighted by molar-refractivity contribution is 5.92. The van der Waals surface area contributed by atoms with Crippen LogP contribution < -0.4 is 0 Å². The summed E-state index contributed by atoms with van der Waals surface area (Å²) in [4.78, 5) is 0. The summed E-state index contributed by atoms with van der Waals surface area (Å²) in [5.74, 6) is 0. The van der Waals surface area contributed by atoms with Gasteiger partial charge in [-0.25, -0.2) is 0 Å². The van der Waals surface area contributed by atoms with E-state index in [-0.39, 0.29) is 5.41 Å². The van der Waals surface area contributed by atoms with Crippen molar-refractivity contribution in [2.75, 3.05) is 0 Å². The Morgan fingerprint density at radius 1 is 0.900 bits per heavy atom. The molecule has 0 aliphatic rings. The molecule has 0 fully saturated rings. The van der Waals surface area contributed by atoms with E-state index in [4.69, 9.17) is 0 Å². The van der Waals surface area contributed by atoms with Crippen molar-refractivity contribution in [2.24, 2.45) is 0 Å². The normalized spacial score (nSPS) is 12.0. The van der Waals surface area contributed by atoms with Crippen LogP contribution in [-0.4, -0.2) is 15.4 Å². The summed E-state index contributed by atoms with van der Waals surface area (Å²) < 4.78 is 0.